The molecule has 0 unspecified atom stereocenters. The van der Waals surface area contributed by atoms with Gasteiger partial charge in [-0.1, -0.05) is 0 Å². The van der Waals surface area contributed by atoms with E-state index in [4.69, 9.17) is 0 Å². The molecule has 0 radical (unpaired) electrons. The molecule has 0 bridgehead atoms. The van der Waals surface area contributed by atoms with E-state index in [1.165, 1.54) is 0 Å². The smallest absolute Gasteiger partial charge is 0.120 e. The van der Waals surface area contributed by atoms with Crippen LogP contribution in [0.5, 0.6) is 0 Å². The number of imidazole rings is 2. The summed E-state index contributed by atoms with van der Waals surface area (Å²) in [6.45, 7) is 10.1. The molecule has 0 spiro atoms. The Bertz CT molecular complexity index is 536. The van der Waals surface area contributed by atoms with E-state index in [1.807, 2.05) is 19.3 Å². The summed E-state index contributed by atoms with van der Waals surface area (Å²) in [5.74, 6) is 2.00. The lowest BCUT2D eigenvalue weighted by molar-refractivity contribution is 0.115. The number of aromatic amines is 2. The first kappa shape index (κ1) is 18.1. The summed E-state index contributed by atoms with van der Waals surface area (Å²) in [4.78, 5) is 22.3. The molecule has 1 aliphatic heterocycles. The fourth-order valence-electron chi connectivity index (χ4n) is 3.25. The maximum atomic E-state index is 9.78. The molecule has 1 atom stereocenters. The van der Waals surface area contributed by atoms with Crippen molar-refractivity contribution >= 4 is 0 Å². The predicted molar refractivity (Wildman–Crippen MR) is 95.9 cm³/mol. The van der Waals surface area contributed by atoms with Crippen molar-refractivity contribution in [2.24, 2.45) is 0 Å². The van der Waals surface area contributed by atoms with Crippen LogP contribution in [-0.4, -0.2) is 91.7 Å². The average Bonchev–Trinajstić information content (AvgIpc) is 3.27. The van der Waals surface area contributed by atoms with Gasteiger partial charge in [-0.05, 0) is 6.92 Å². The molecule has 0 amide bonds. The molecule has 138 valence electrons. The third-order valence-corrected chi connectivity index (χ3v) is 4.58. The number of aliphatic hydroxyl groups excluding tert-OH is 1. The van der Waals surface area contributed by atoms with Gasteiger partial charge >= 0.3 is 0 Å². The van der Waals surface area contributed by atoms with Gasteiger partial charge in [0.2, 0.25) is 0 Å². The highest BCUT2D eigenvalue weighted by Gasteiger charge is 2.18. The van der Waals surface area contributed by atoms with Gasteiger partial charge in [-0.3, -0.25) is 14.7 Å². The molecular formula is C17H29N7O. The standard InChI is InChI=1S/C17H29N7O/c1-15(25)12-22-6-8-23(13-16-18-2-3-19-16)10-11-24(9-7-22)14-17-20-4-5-21-17/h2-5,15,25H,6-14H2,1H3,(H,18,19)(H,20,21)/t15-/m0/s1. The molecule has 0 saturated carbocycles. The summed E-state index contributed by atoms with van der Waals surface area (Å²) < 4.78 is 0. The highest BCUT2D eigenvalue weighted by atomic mass is 16.3. The molecular weight excluding hydrogens is 318 g/mol. The SMILES string of the molecule is C[C@H](O)CN1CCN(Cc2ncc[nH]2)CCN(Cc2ncc[nH]2)CC1. The van der Waals surface area contributed by atoms with Gasteiger partial charge in [0, 0.05) is 70.6 Å². The van der Waals surface area contributed by atoms with Gasteiger partial charge in [-0.2, -0.15) is 0 Å². The summed E-state index contributed by atoms with van der Waals surface area (Å²) in [7, 11) is 0. The second-order valence-electron chi connectivity index (χ2n) is 6.77. The van der Waals surface area contributed by atoms with Crippen molar-refractivity contribution < 1.29 is 5.11 Å². The van der Waals surface area contributed by atoms with Crippen molar-refractivity contribution in [1.82, 2.24) is 34.6 Å². The summed E-state index contributed by atoms with van der Waals surface area (Å²) in [6.07, 6.45) is 7.03. The number of aromatic nitrogens is 4. The molecule has 1 aliphatic rings. The van der Waals surface area contributed by atoms with Gasteiger partial charge in [0.1, 0.15) is 11.6 Å². The van der Waals surface area contributed by atoms with Crippen LogP contribution in [0.15, 0.2) is 24.8 Å². The Morgan fingerprint density at radius 3 is 1.68 bits per heavy atom. The molecule has 3 heterocycles. The van der Waals surface area contributed by atoms with Crippen LogP contribution in [-0.2, 0) is 13.1 Å². The summed E-state index contributed by atoms with van der Waals surface area (Å²) >= 11 is 0. The second kappa shape index (κ2) is 9.10. The van der Waals surface area contributed by atoms with Crippen LogP contribution in [0.25, 0.3) is 0 Å². The Morgan fingerprint density at radius 1 is 0.880 bits per heavy atom. The number of nitrogens with one attached hydrogen (secondary N) is 2. The molecule has 1 fully saturated rings. The number of rotatable bonds is 6. The van der Waals surface area contributed by atoms with Crippen LogP contribution in [0.2, 0.25) is 0 Å². The molecule has 0 aromatic carbocycles. The topological polar surface area (TPSA) is 87.3 Å². The van der Waals surface area contributed by atoms with E-state index < -0.39 is 0 Å². The Morgan fingerprint density at radius 2 is 1.32 bits per heavy atom. The van der Waals surface area contributed by atoms with E-state index in [0.717, 1.165) is 64.0 Å². The third kappa shape index (κ3) is 5.93. The zero-order valence-corrected chi connectivity index (χ0v) is 14.9. The molecule has 0 aliphatic carbocycles. The maximum absolute atomic E-state index is 9.78. The first-order chi connectivity index (χ1) is 12.2. The third-order valence-electron chi connectivity index (χ3n) is 4.58. The van der Waals surface area contributed by atoms with E-state index >= 15 is 0 Å². The molecule has 25 heavy (non-hydrogen) atoms. The Kier molecular flexibility index (Phi) is 6.57. The van der Waals surface area contributed by atoms with Gasteiger partial charge in [0.25, 0.3) is 0 Å². The van der Waals surface area contributed by atoms with Crippen LogP contribution < -0.4 is 0 Å². The minimum absolute atomic E-state index is 0.308. The summed E-state index contributed by atoms with van der Waals surface area (Å²) in [5.41, 5.74) is 0. The molecule has 1 saturated heterocycles. The summed E-state index contributed by atoms with van der Waals surface area (Å²) in [5, 5.41) is 9.78. The number of hydrogen-bond acceptors (Lipinski definition) is 6. The molecule has 3 rings (SSSR count). The lowest BCUT2D eigenvalue weighted by Gasteiger charge is -2.26. The number of β-amino-alcohol motifs (C(OH)–C–C–N with tert-alkyl or cyclic N) is 1. The number of hydrogen-bond donors (Lipinski definition) is 3. The first-order valence-corrected chi connectivity index (χ1v) is 9.00. The largest absolute Gasteiger partial charge is 0.392 e. The van der Waals surface area contributed by atoms with Crippen LogP contribution in [0.4, 0.5) is 0 Å². The minimum Gasteiger partial charge on any atom is -0.392 e. The fraction of sp³-hybridized carbons (Fsp3) is 0.647. The van der Waals surface area contributed by atoms with Crippen molar-refractivity contribution in [3.63, 3.8) is 0 Å². The van der Waals surface area contributed by atoms with Crippen molar-refractivity contribution in [2.45, 2.75) is 26.1 Å². The van der Waals surface area contributed by atoms with Gasteiger partial charge < -0.3 is 15.1 Å². The molecule has 8 heteroatoms. The molecule has 2 aromatic rings. The molecule has 2 aromatic heterocycles. The van der Waals surface area contributed by atoms with Gasteiger partial charge in [0.05, 0.1) is 19.2 Å². The van der Waals surface area contributed by atoms with Crippen molar-refractivity contribution in [3.05, 3.63) is 36.4 Å². The molecule has 8 nitrogen and oxygen atoms in total. The van der Waals surface area contributed by atoms with E-state index in [1.54, 1.807) is 12.4 Å². The van der Waals surface area contributed by atoms with Crippen molar-refractivity contribution in [2.75, 3.05) is 45.8 Å². The normalized spacial score (nSPS) is 20.1. The van der Waals surface area contributed by atoms with Crippen LogP contribution in [0.3, 0.4) is 0 Å². The summed E-state index contributed by atoms with van der Waals surface area (Å²) in [6, 6.07) is 0. The Balaban J connectivity index is 1.63. The van der Waals surface area contributed by atoms with Crippen LogP contribution >= 0.6 is 0 Å². The van der Waals surface area contributed by atoms with Gasteiger partial charge in [-0.25, -0.2) is 9.97 Å². The molecule has 3 N–H and O–H groups in total. The lowest BCUT2D eigenvalue weighted by atomic mass is 10.3. The second-order valence-corrected chi connectivity index (χ2v) is 6.77. The predicted octanol–water partition coefficient (Wildman–Crippen LogP) is 0.133. The van der Waals surface area contributed by atoms with E-state index in [2.05, 4.69) is 34.6 Å². The zero-order valence-electron chi connectivity index (χ0n) is 14.9. The minimum atomic E-state index is -0.308. The number of nitrogens with zero attached hydrogens (tertiary/aromatic N) is 5. The maximum Gasteiger partial charge on any atom is 0.120 e. The van der Waals surface area contributed by atoms with Gasteiger partial charge in [-0.15, -0.1) is 0 Å². The van der Waals surface area contributed by atoms with Crippen molar-refractivity contribution in [3.8, 4) is 0 Å². The fourth-order valence-corrected chi connectivity index (χ4v) is 3.25. The quantitative estimate of drug-likeness (QED) is 0.689. The van der Waals surface area contributed by atoms with Gasteiger partial charge in [0.15, 0.2) is 0 Å². The Hall–Kier alpha value is -1.74. The lowest BCUT2D eigenvalue weighted by Crippen LogP contribution is -2.39. The zero-order chi connectivity index (χ0) is 17.5. The van der Waals surface area contributed by atoms with Crippen molar-refractivity contribution in [1.29, 1.82) is 0 Å². The van der Waals surface area contributed by atoms with E-state index in [9.17, 15) is 5.11 Å². The first-order valence-electron chi connectivity index (χ1n) is 9.00. The average molecular weight is 347 g/mol. The highest BCUT2D eigenvalue weighted by molar-refractivity contribution is 4.89. The Labute approximate surface area is 148 Å². The number of H-pyrrole nitrogens is 2. The van der Waals surface area contributed by atoms with Crippen LogP contribution in [0.1, 0.15) is 18.6 Å². The highest BCUT2D eigenvalue weighted by Crippen LogP contribution is 2.07. The van der Waals surface area contributed by atoms with E-state index in [0.29, 0.717) is 6.54 Å². The van der Waals surface area contributed by atoms with E-state index in [-0.39, 0.29) is 6.10 Å². The van der Waals surface area contributed by atoms with Crippen LogP contribution in [0, 0.1) is 0 Å². The number of aliphatic hydroxyl groups is 1. The monoisotopic (exact) mass is 347 g/mol.